The van der Waals surface area contributed by atoms with Gasteiger partial charge in [-0.15, -0.1) is 11.3 Å². The van der Waals surface area contributed by atoms with E-state index in [-0.39, 0.29) is 18.6 Å². The SMILES string of the molecule is CCc1cnc(C(C)NC(=O)NCC(O)c2ccco2)s1. The number of urea groups is 1. The predicted molar refractivity (Wildman–Crippen MR) is 80.1 cm³/mol. The molecule has 0 spiro atoms. The van der Waals surface area contributed by atoms with Crippen molar-refractivity contribution in [1.82, 2.24) is 15.6 Å². The van der Waals surface area contributed by atoms with Crippen molar-refractivity contribution in [3.8, 4) is 0 Å². The molecule has 21 heavy (non-hydrogen) atoms. The maximum atomic E-state index is 11.8. The molecule has 0 aromatic carbocycles. The number of amides is 2. The van der Waals surface area contributed by atoms with Gasteiger partial charge in [-0.05, 0) is 25.5 Å². The maximum absolute atomic E-state index is 11.8. The van der Waals surface area contributed by atoms with Crippen molar-refractivity contribution >= 4 is 17.4 Å². The summed E-state index contributed by atoms with van der Waals surface area (Å²) < 4.78 is 5.06. The van der Waals surface area contributed by atoms with Gasteiger partial charge in [0.15, 0.2) is 0 Å². The topological polar surface area (TPSA) is 87.4 Å². The van der Waals surface area contributed by atoms with Gasteiger partial charge in [0, 0.05) is 11.1 Å². The molecule has 0 saturated heterocycles. The number of aryl methyl sites for hydroxylation is 1. The molecule has 2 aromatic rings. The smallest absolute Gasteiger partial charge is 0.315 e. The Labute approximate surface area is 127 Å². The number of furan rings is 1. The van der Waals surface area contributed by atoms with Gasteiger partial charge >= 0.3 is 6.03 Å². The van der Waals surface area contributed by atoms with Crippen molar-refractivity contribution in [1.29, 1.82) is 0 Å². The molecule has 2 unspecified atom stereocenters. The Morgan fingerprint density at radius 1 is 1.57 bits per heavy atom. The molecule has 0 aliphatic heterocycles. The van der Waals surface area contributed by atoms with E-state index in [1.165, 1.54) is 11.1 Å². The fraction of sp³-hybridized carbons (Fsp3) is 0.429. The fourth-order valence-electron chi connectivity index (χ4n) is 1.77. The van der Waals surface area contributed by atoms with Gasteiger partial charge in [0.05, 0.1) is 18.8 Å². The highest BCUT2D eigenvalue weighted by Gasteiger charge is 2.15. The Hall–Kier alpha value is -1.86. The Kier molecular flexibility index (Phi) is 5.35. The average Bonchev–Trinajstić information content (AvgIpc) is 3.15. The van der Waals surface area contributed by atoms with E-state index in [4.69, 9.17) is 4.42 Å². The summed E-state index contributed by atoms with van der Waals surface area (Å²) in [6.45, 7) is 4.03. The summed E-state index contributed by atoms with van der Waals surface area (Å²) in [5.41, 5.74) is 0. The third-order valence-electron chi connectivity index (χ3n) is 2.97. The Bertz CT molecular complexity index is 568. The zero-order valence-corrected chi connectivity index (χ0v) is 12.8. The minimum absolute atomic E-state index is 0.0874. The molecular formula is C14H19N3O3S. The van der Waals surface area contributed by atoms with Gasteiger partial charge in [-0.3, -0.25) is 0 Å². The van der Waals surface area contributed by atoms with E-state index in [0.29, 0.717) is 5.76 Å². The molecule has 7 heteroatoms. The first-order chi connectivity index (χ1) is 10.1. The number of aliphatic hydroxyl groups is 1. The molecule has 2 rings (SSSR count). The quantitative estimate of drug-likeness (QED) is 0.764. The third kappa shape index (κ3) is 4.30. The van der Waals surface area contributed by atoms with Crippen molar-refractivity contribution < 1.29 is 14.3 Å². The van der Waals surface area contributed by atoms with Gasteiger partial charge in [-0.2, -0.15) is 0 Å². The monoisotopic (exact) mass is 309 g/mol. The molecule has 0 fully saturated rings. The summed E-state index contributed by atoms with van der Waals surface area (Å²) >= 11 is 1.59. The van der Waals surface area contributed by atoms with Crippen LogP contribution in [-0.2, 0) is 6.42 Å². The second-order valence-electron chi connectivity index (χ2n) is 4.63. The van der Waals surface area contributed by atoms with E-state index in [2.05, 4.69) is 22.5 Å². The summed E-state index contributed by atoms with van der Waals surface area (Å²) in [4.78, 5) is 17.3. The number of nitrogens with zero attached hydrogens (tertiary/aromatic N) is 1. The minimum Gasteiger partial charge on any atom is -0.467 e. The Balaban J connectivity index is 1.78. The first-order valence-electron chi connectivity index (χ1n) is 6.80. The number of hydrogen-bond donors (Lipinski definition) is 3. The van der Waals surface area contributed by atoms with Gasteiger partial charge in [0.1, 0.15) is 16.9 Å². The van der Waals surface area contributed by atoms with Crippen molar-refractivity contribution in [2.24, 2.45) is 0 Å². The van der Waals surface area contributed by atoms with E-state index in [0.717, 1.165) is 11.4 Å². The summed E-state index contributed by atoms with van der Waals surface area (Å²) in [7, 11) is 0. The Morgan fingerprint density at radius 2 is 2.38 bits per heavy atom. The summed E-state index contributed by atoms with van der Waals surface area (Å²) in [5.74, 6) is 0.427. The molecule has 0 aliphatic carbocycles. The molecule has 0 radical (unpaired) electrons. The van der Waals surface area contributed by atoms with Crippen LogP contribution in [0.15, 0.2) is 29.0 Å². The van der Waals surface area contributed by atoms with E-state index >= 15 is 0 Å². The molecule has 6 nitrogen and oxygen atoms in total. The van der Waals surface area contributed by atoms with Crippen LogP contribution in [0.5, 0.6) is 0 Å². The largest absolute Gasteiger partial charge is 0.467 e. The molecule has 2 aromatic heterocycles. The third-order valence-corrected chi connectivity index (χ3v) is 4.29. The summed E-state index contributed by atoms with van der Waals surface area (Å²) in [5, 5.41) is 16.1. The standard InChI is InChI=1S/C14H19N3O3S/c1-3-10-7-15-13(21-10)9(2)17-14(19)16-8-11(18)12-5-4-6-20-12/h4-7,9,11,18H,3,8H2,1-2H3,(H2,16,17,19). The summed E-state index contributed by atoms with van der Waals surface area (Å²) in [6.07, 6.45) is 3.39. The van der Waals surface area contributed by atoms with Crippen LogP contribution in [0, 0.1) is 0 Å². The number of carbonyl (C=O) groups excluding carboxylic acids is 1. The molecule has 2 heterocycles. The van der Waals surface area contributed by atoms with Crippen molar-refractivity contribution in [2.75, 3.05) is 6.54 Å². The van der Waals surface area contributed by atoms with Crippen LogP contribution < -0.4 is 10.6 Å². The van der Waals surface area contributed by atoms with Crippen LogP contribution in [0.4, 0.5) is 4.79 Å². The molecule has 114 valence electrons. The molecule has 2 amide bonds. The van der Waals surface area contributed by atoms with Gasteiger partial charge < -0.3 is 20.2 Å². The maximum Gasteiger partial charge on any atom is 0.315 e. The van der Waals surface area contributed by atoms with Gasteiger partial charge in [-0.1, -0.05) is 6.92 Å². The lowest BCUT2D eigenvalue weighted by Crippen LogP contribution is -2.39. The molecule has 0 aliphatic rings. The van der Waals surface area contributed by atoms with E-state index in [9.17, 15) is 9.90 Å². The van der Waals surface area contributed by atoms with Crippen LogP contribution in [-0.4, -0.2) is 22.7 Å². The lowest BCUT2D eigenvalue weighted by molar-refractivity contribution is 0.147. The number of hydrogen-bond acceptors (Lipinski definition) is 5. The normalized spacial score (nSPS) is 13.7. The van der Waals surface area contributed by atoms with Gasteiger partial charge in [0.25, 0.3) is 0 Å². The van der Waals surface area contributed by atoms with Crippen LogP contribution in [0.2, 0.25) is 0 Å². The minimum atomic E-state index is -0.854. The first kappa shape index (κ1) is 15.5. The van der Waals surface area contributed by atoms with Crippen molar-refractivity contribution in [2.45, 2.75) is 32.4 Å². The lowest BCUT2D eigenvalue weighted by atomic mass is 10.3. The zero-order chi connectivity index (χ0) is 15.2. The van der Waals surface area contributed by atoms with E-state index < -0.39 is 6.10 Å². The van der Waals surface area contributed by atoms with Gasteiger partial charge in [-0.25, -0.2) is 9.78 Å². The molecule has 2 atom stereocenters. The van der Waals surface area contributed by atoms with Crippen LogP contribution in [0.1, 0.15) is 41.6 Å². The second kappa shape index (κ2) is 7.24. The Morgan fingerprint density at radius 3 is 3.00 bits per heavy atom. The lowest BCUT2D eigenvalue weighted by Gasteiger charge is -2.14. The highest BCUT2D eigenvalue weighted by Crippen LogP contribution is 2.20. The molecule has 0 bridgehead atoms. The number of aromatic nitrogens is 1. The van der Waals surface area contributed by atoms with Crippen molar-refractivity contribution in [3.05, 3.63) is 40.2 Å². The fourth-order valence-corrected chi connectivity index (χ4v) is 2.63. The van der Waals surface area contributed by atoms with Crippen LogP contribution in [0.25, 0.3) is 0 Å². The predicted octanol–water partition coefficient (Wildman–Crippen LogP) is 2.39. The van der Waals surface area contributed by atoms with E-state index in [1.807, 2.05) is 13.1 Å². The van der Waals surface area contributed by atoms with E-state index in [1.54, 1.807) is 23.5 Å². The van der Waals surface area contributed by atoms with Crippen molar-refractivity contribution in [3.63, 3.8) is 0 Å². The highest BCUT2D eigenvalue weighted by molar-refractivity contribution is 7.11. The van der Waals surface area contributed by atoms with Gasteiger partial charge in [0.2, 0.25) is 0 Å². The number of rotatable bonds is 6. The first-order valence-corrected chi connectivity index (χ1v) is 7.62. The molecule has 3 N–H and O–H groups in total. The molecular weight excluding hydrogens is 290 g/mol. The average molecular weight is 309 g/mol. The number of aliphatic hydroxyl groups excluding tert-OH is 1. The second-order valence-corrected chi connectivity index (χ2v) is 5.77. The van der Waals surface area contributed by atoms with Crippen LogP contribution >= 0.6 is 11.3 Å². The zero-order valence-electron chi connectivity index (χ0n) is 12.0. The number of carbonyl (C=O) groups is 1. The van der Waals surface area contributed by atoms with Crippen LogP contribution in [0.3, 0.4) is 0 Å². The number of thiazole rings is 1. The highest BCUT2D eigenvalue weighted by atomic mass is 32.1. The summed E-state index contributed by atoms with van der Waals surface area (Å²) in [6, 6.07) is 2.83. The molecule has 0 saturated carbocycles. The number of nitrogens with one attached hydrogen (secondary N) is 2.